The van der Waals surface area contributed by atoms with Crippen LogP contribution in [0.3, 0.4) is 0 Å². The molecule has 0 bridgehead atoms. The summed E-state index contributed by atoms with van der Waals surface area (Å²) in [7, 11) is 0. The second-order valence-corrected chi connectivity index (χ2v) is 1.31. The number of amides is 1. The van der Waals surface area contributed by atoms with Crippen LogP contribution in [0.4, 0.5) is 0 Å². The third-order valence-electron chi connectivity index (χ3n) is 0.749. The molecule has 0 aliphatic carbocycles. The zero-order valence-corrected chi connectivity index (χ0v) is 3.60. The fraction of sp³-hybridized carbons (Fsp3) is 0.667. The highest BCUT2D eigenvalue weighted by Crippen LogP contribution is 2.06. The predicted octanol–water partition coefficient (Wildman–Crippen LogP) is -1.30. The van der Waals surface area contributed by atoms with Crippen LogP contribution in [0.2, 0.25) is 0 Å². The quantitative estimate of drug-likeness (QED) is 0.329. The van der Waals surface area contributed by atoms with Crippen molar-refractivity contribution in [1.29, 1.82) is 0 Å². The lowest BCUT2D eigenvalue weighted by molar-refractivity contribution is -0.122. The molecule has 4 nitrogen and oxygen atoms in total. The summed E-state index contributed by atoms with van der Waals surface area (Å²) < 4.78 is 4.53. The molecule has 1 fully saturated rings. The third kappa shape index (κ3) is 0.880. The van der Waals surface area contributed by atoms with Gasteiger partial charge < -0.3 is 4.74 Å². The minimum Gasteiger partial charge on any atom is -0.363 e. The van der Waals surface area contributed by atoms with Crippen molar-refractivity contribution in [3.63, 3.8) is 0 Å². The Kier molecular flexibility index (Phi) is 0.958. The van der Waals surface area contributed by atoms with Gasteiger partial charge >= 0.3 is 0 Å². The zero-order chi connectivity index (χ0) is 5.28. The van der Waals surface area contributed by atoms with Gasteiger partial charge in [0.05, 0.1) is 6.61 Å². The van der Waals surface area contributed by atoms with E-state index in [2.05, 4.69) is 4.74 Å². The highest BCUT2D eigenvalue weighted by molar-refractivity contribution is 5.82. The molecular formula is C3H5N2O2. The average Bonchev–Trinajstić information content (AvgIpc) is 2.44. The summed E-state index contributed by atoms with van der Waals surface area (Å²) in [5.74, 6) is 5.95. The molecule has 4 heteroatoms. The highest BCUT2D eigenvalue weighted by atomic mass is 16.6. The first-order valence-corrected chi connectivity index (χ1v) is 1.93. The van der Waals surface area contributed by atoms with Crippen LogP contribution in [0.15, 0.2) is 0 Å². The number of ether oxygens (including phenoxy) is 1. The van der Waals surface area contributed by atoms with Crippen molar-refractivity contribution in [2.75, 3.05) is 6.61 Å². The van der Waals surface area contributed by atoms with Gasteiger partial charge in [0.15, 0.2) is 6.10 Å². The molecule has 1 heterocycles. The maximum absolute atomic E-state index is 10.2. The van der Waals surface area contributed by atoms with E-state index < -0.39 is 0 Å². The van der Waals surface area contributed by atoms with Gasteiger partial charge in [-0.15, -0.1) is 0 Å². The van der Waals surface area contributed by atoms with Crippen molar-refractivity contribution < 1.29 is 9.53 Å². The number of epoxide rings is 1. The van der Waals surface area contributed by atoms with Gasteiger partial charge in [-0.2, -0.15) is 5.84 Å². The molecule has 1 rings (SSSR count). The van der Waals surface area contributed by atoms with Crippen LogP contribution in [0, 0.1) is 0 Å². The van der Waals surface area contributed by atoms with Gasteiger partial charge in [0.25, 0.3) is 5.91 Å². The van der Waals surface area contributed by atoms with Crippen LogP contribution >= 0.6 is 0 Å². The lowest BCUT2D eigenvalue weighted by Gasteiger charge is -1.85. The van der Waals surface area contributed by atoms with Crippen molar-refractivity contribution in [2.45, 2.75) is 6.10 Å². The Bertz CT molecular complexity index is 88.9. The summed E-state index contributed by atoms with van der Waals surface area (Å²) in [4.78, 5) is 10.2. The van der Waals surface area contributed by atoms with Crippen molar-refractivity contribution >= 4 is 5.91 Å². The first-order valence-electron chi connectivity index (χ1n) is 1.93. The summed E-state index contributed by atoms with van der Waals surface area (Å²) in [6, 6.07) is 0. The molecule has 1 saturated heterocycles. The largest absolute Gasteiger partial charge is 0.363 e. The first kappa shape index (κ1) is 4.55. The Balaban J connectivity index is 2.24. The fourth-order valence-electron chi connectivity index (χ4n) is 0.280. The molecule has 7 heavy (non-hydrogen) atoms. The third-order valence-corrected chi connectivity index (χ3v) is 0.749. The summed E-state index contributed by atoms with van der Waals surface area (Å²) in [5, 5.41) is 0. The first-order chi connectivity index (χ1) is 3.34. The molecule has 2 N–H and O–H groups in total. The van der Waals surface area contributed by atoms with E-state index in [4.69, 9.17) is 5.84 Å². The smallest absolute Gasteiger partial charge is 0.266 e. The Hall–Kier alpha value is -0.610. The van der Waals surface area contributed by atoms with E-state index >= 15 is 0 Å². The van der Waals surface area contributed by atoms with Gasteiger partial charge in [-0.3, -0.25) is 10.2 Å². The second-order valence-electron chi connectivity index (χ2n) is 1.31. The van der Waals surface area contributed by atoms with Crippen molar-refractivity contribution in [2.24, 2.45) is 0 Å². The van der Waals surface area contributed by atoms with E-state index in [1.807, 2.05) is 0 Å². The maximum Gasteiger partial charge on any atom is 0.266 e. The number of hydrogen-bond donors (Lipinski definition) is 1. The van der Waals surface area contributed by atoms with E-state index in [0.29, 0.717) is 6.61 Å². The molecule has 0 aromatic carbocycles. The normalized spacial score (nSPS) is 26.7. The molecule has 1 unspecified atom stereocenters. The van der Waals surface area contributed by atoms with E-state index in [0.717, 1.165) is 0 Å². The molecule has 1 aliphatic rings. The van der Waals surface area contributed by atoms with Crippen molar-refractivity contribution in [3.05, 3.63) is 0 Å². The Morgan fingerprint density at radius 1 is 2.00 bits per heavy atom. The maximum atomic E-state index is 10.2. The van der Waals surface area contributed by atoms with Gasteiger partial charge in [-0.05, 0) is 0 Å². The van der Waals surface area contributed by atoms with Gasteiger partial charge in [0, 0.05) is 0 Å². The minimum atomic E-state index is -0.347. The van der Waals surface area contributed by atoms with Gasteiger partial charge in [0.2, 0.25) is 0 Å². The van der Waals surface area contributed by atoms with E-state index in [1.165, 1.54) is 0 Å². The summed E-state index contributed by atoms with van der Waals surface area (Å²) in [6.07, 6.45) is -0.322. The number of carbonyl (C=O) groups excluding carboxylic acids is 1. The molecule has 0 aromatic heterocycles. The van der Waals surface area contributed by atoms with Crippen LogP contribution in [0.1, 0.15) is 0 Å². The minimum absolute atomic E-state index is 0.322. The summed E-state index contributed by atoms with van der Waals surface area (Å²) >= 11 is 0. The number of rotatable bonds is 1. The molecule has 39 valence electrons. The van der Waals surface area contributed by atoms with Crippen molar-refractivity contribution in [3.8, 4) is 0 Å². The number of nitrogens with one attached hydrogen (secondary N) is 2. The van der Waals surface area contributed by atoms with E-state index in [9.17, 15) is 4.79 Å². The van der Waals surface area contributed by atoms with Gasteiger partial charge in [0.1, 0.15) is 0 Å². The molecule has 0 aromatic rings. The molecule has 0 spiro atoms. The SMILES string of the molecule is [NH]NC(=O)C1CO1. The van der Waals surface area contributed by atoms with E-state index in [-0.39, 0.29) is 12.0 Å². The molecule has 1 amide bonds. The Morgan fingerprint density at radius 3 is 2.71 bits per heavy atom. The molecule has 1 aliphatic heterocycles. The predicted molar refractivity (Wildman–Crippen MR) is 21.0 cm³/mol. The monoisotopic (exact) mass is 101 g/mol. The van der Waals surface area contributed by atoms with Gasteiger partial charge in [-0.1, -0.05) is 0 Å². The van der Waals surface area contributed by atoms with Crippen LogP contribution in [-0.4, -0.2) is 18.6 Å². The van der Waals surface area contributed by atoms with Crippen LogP contribution in [0.5, 0.6) is 0 Å². The Morgan fingerprint density at radius 2 is 2.57 bits per heavy atom. The topological polar surface area (TPSA) is 65.4 Å². The Labute approximate surface area is 40.6 Å². The molecule has 0 saturated carbocycles. The number of hydrogen-bond acceptors (Lipinski definition) is 2. The zero-order valence-electron chi connectivity index (χ0n) is 3.60. The van der Waals surface area contributed by atoms with E-state index in [1.54, 1.807) is 5.43 Å². The van der Waals surface area contributed by atoms with Gasteiger partial charge in [-0.25, -0.2) is 0 Å². The summed E-state index contributed by atoms with van der Waals surface area (Å²) in [6.45, 7) is 0.477. The molecular weight excluding hydrogens is 96.0 g/mol. The summed E-state index contributed by atoms with van der Waals surface area (Å²) in [5.41, 5.74) is 1.71. The second kappa shape index (κ2) is 1.48. The van der Waals surface area contributed by atoms with Crippen LogP contribution in [-0.2, 0) is 9.53 Å². The fourth-order valence-corrected chi connectivity index (χ4v) is 0.280. The number of carbonyl (C=O) groups is 1. The lowest BCUT2D eigenvalue weighted by Crippen LogP contribution is -2.25. The van der Waals surface area contributed by atoms with Crippen LogP contribution < -0.4 is 11.3 Å². The molecule has 1 atom stereocenters. The van der Waals surface area contributed by atoms with Crippen molar-refractivity contribution in [1.82, 2.24) is 11.3 Å². The lowest BCUT2D eigenvalue weighted by atomic mass is 10.5. The highest BCUT2D eigenvalue weighted by Gasteiger charge is 2.30. The molecule has 1 radical (unpaired) electrons. The standard InChI is InChI=1S/C3H5N2O2/c4-5-3(6)2-1-7-2/h2,4H,1H2,(H,5,6). The average molecular weight is 101 g/mol. The van der Waals surface area contributed by atoms with Crippen LogP contribution in [0.25, 0.3) is 0 Å².